The van der Waals surface area contributed by atoms with E-state index in [1.807, 2.05) is 0 Å². The fraction of sp³-hybridized carbons (Fsp3) is 0.500. The van der Waals surface area contributed by atoms with Gasteiger partial charge in [0.25, 0.3) is 0 Å². The second kappa shape index (κ2) is 5.87. The quantitative estimate of drug-likeness (QED) is 0.744. The largest absolute Gasteiger partial charge is 0.463 e. The van der Waals surface area contributed by atoms with E-state index >= 15 is 0 Å². The summed E-state index contributed by atoms with van der Waals surface area (Å²) >= 11 is 0. The van der Waals surface area contributed by atoms with Crippen LogP contribution in [0.25, 0.3) is 0 Å². The van der Waals surface area contributed by atoms with Crippen molar-refractivity contribution in [3.05, 3.63) is 11.8 Å². The maximum atomic E-state index is 13.1. The van der Waals surface area contributed by atoms with Gasteiger partial charge in [0.15, 0.2) is 5.82 Å². The fourth-order valence-corrected chi connectivity index (χ4v) is 1.28. The molecule has 0 aliphatic rings. The van der Waals surface area contributed by atoms with Crippen LogP contribution in [0, 0.1) is 6.92 Å². The Morgan fingerprint density at radius 3 is 1.48 bits per heavy atom. The summed E-state index contributed by atoms with van der Waals surface area (Å²) in [4.78, 5) is 20.9. The lowest BCUT2D eigenvalue weighted by atomic mass is 10.2. The van der Waals surface area contributed by atoms with E-state index in [2.05, 4.69) is 9.68 Å². The number of hydrogen-bond donors (Lipinski definition) is 0. The summed E-state index contributed by atoms with van der Waals surface area (Å²) in [6.45, 7) is 0.924. The third-order valence-corrected chi connectivity index (χ3v) is 2.50. The number of alkyl halides is 10. The number of carbonyl (C=O) groups is 2. The van der Waals surface area contributed by atoms with Gasteiger partial charge >= 0.3 is 36.0 Å². The lowest BCUT2D eigenvalue weighted by Crippen LogP contribution is -2.60. The molecule has 0 saturated heterocycles. The van der Waals surface area contributed by atoms with Crippen molar-refractivity contribution < 1.29 is 58.0 Å². The first kappa shape index (κ1) is 20.7. The van der Waals surface area contributed by atoms with Crippen LogP contribution in [0.4, 0.5) is 49.7 Å². The Balaban J connectivity index is 3.53. The van der Waals surface area contributed by atoms with Gasteiger partial charge in [0.2, 0.25) is 0 Å². The van der Waals surface area contributed by atoms with E-state index in [1.165, 1.54) is 0 Å². The molecule has 0 bridgehead atoms. The summed E-state index contributed by atoms with van der Waals surface area (Å²) < 4.78 is 130. The van der Waals surface area contributed by atoms with Crippen molar-refractivity contribution in [2.45, 2.75) is 31.1 Å². The van der Waals surface area contributed by atoms with Crippen LogP contribution >= 0.6 is 0 Å². The van der Waals surface area contributed by atoms with Crippen LogP contribution in [0.1, 0.15) is 5.76 Å². The van der Waals surface area contributed by atoms with E-state index in [0.29, 0.717) is 0 Å². The Kier molecular flexibility index (Phi) is 4.86. The molecule has 1 rings (SSSR count). The van der Waals surface area contributed by atoms with Crippen molar-refractivity contribution >= 4 is 17.6 Å². The van der Waals surface area contributed by atoms with Gasteiger partial charge in [-0.1, -0.05) is 5.16 Å². The van der Waals surface area contributed by atoms with E-state index in [9.17, 15) is 53.5 Å². The molecule has 0 radical (unpaired) electrons. The molecule has 25 heavy (non-hydrogen) atoms. The molecule has 15 heteroatoms. The van der Waals surface area contributed by atoms with Crippen molar-refractivity contribution in [3.8, 4) is 0 Å². The van der Waals surface area contributed by atoms with Gasteiger partial charge in [-0.05, 0) is 6.92 Å². The van der Waals surface area contributed by atoms with Crippen LogP contribution in [-0.4, -0.2) is 41.2 Å². The van der Waals surface area contributed by atoms with Crippen molar-refractivity contribution in [1.29, 1.82) is 0 Å². The van der Waals surface area contributed by atoms with Crippen molar-refractivity contribution in [1.82, 2.24) is 5.16 Å². The minimum atomic E-state index is -6.69. The molecule has 1 aromatic heterocycles. The molecular weight excluding hydrogens is 386 g/mol. The molecule has 0 N–H and O–H groups in total. The molecule has 0 fully saturated rings. The molecule has 0 aliphatic heterocycles. The number of amides is 2. The second-order valence-corrected chi connectivity index (χ2v) is 4.39. The number of hydrogen-bond acceptors (Lipinski definition) is 4. The second-order valence-electron chi connectivity index (χ2n) is 4.39. The number of aromatic nitrogens is 1. The third kappa shape index (κ3) is 3.53. The molecule has 5 nitrogen and oxygen atoms in total. The molecule has 0 atom stereocenters. The molecular formula is C10H4F10N2O3. The minimum Gasteiger partial charge on any atom is -0.360 e. The van der Waals surface area contributed by atoms with E-state index in [1.54, 1.807) is 0 Å². The lowest BCUT2D eigenvalue weighted by molar-refractivity contribution is -0.273. The summed E-state index contributed by atoms with van der Waals surface area (Å²) in [7, 11) is 0. The summed E-state index contributed by atoms with van der Waals surface area (Å²) in [6, 6.07) is 0.231. The summed E-state index contributed by atoms with van der Waals surface area (Å²) in [6.07, 6.45) is -13.4. The number of halogens is 10. The standard InChI is InChI=1S/C10H4F10N2O3/c1-3-2-4(21-25-3)22(5(23)7(11,12)9(15,16)17)6(24)8(13,14)10(18,19)20/h2H,1H3. The van der Waals surface area contributed by atoms with Gasteiger partial charge in [-0.25, -0.2) is 4.90 Å². The molecule has 0 aromatic carbocycles. The SMILES string of the molecule is Cc1cc(N(C(=O)C(F)(F)C(F)(F)F)C(=O)C(F)(F)C(F)(F)F)no1. The van der Waals surface area contributed by atoms with Gasteiger partial charge in [-0.15, -0.1) is 0 Å². The zero-order valence-corrected chi connectivity index (χ0v) is 11.5. The highest BCUT2D eigenvalue weighted by atomic mass is 19.4. The van der Waals surface area contributed by atoms with Gasteiger partial charge in [0.1, 0.15) is 5.76 Å². The zero-order valence-electron chi connectivity index (χ0n) is 11.5. The smallest absolute Gasteiger partial charge is 0.360 e. The Morgan fingerprint density at radius 2 is 1.24 bits per heavy atom. The number of rotatable bonds is 3. The van der Waals surface area contributed by atoms with E-state index in [4.69, 9.17) is 0 Å². The molecule has 0 unspecified atom stereocenters. The average Bonchev–Trinajstić information content (AvgIpc) is 2.82. The van der Waals surface area contributed by atoms with Gasteiger partial charge in [-0.3, -0.25) is 9.59 Å². The van der Waals surface area contributed by atoms with Crippen LogP contribution in [0.3, 0.4) is 0 Å². The highest BCUT2D eigenvalue weighted by molar-refractivity contribution is 6.19. The monoisotopic (exact) mass is 390 g/mol. The average molecular weight is 390 g/mol. The normalized spacial score (nSPS) is 13.7. The molecule has 142 valence electrons. The van der Waals surface area contributed by atoms with E-state index in [-0.39, 0.29) is 6.07 Å². The first-order chi connectivity index (χ1) is 10.9. The summed E-state index contributed by atoms with van der Waals surface area (Å²) in [5.74, 6) is -22.5. The summed E-state index contributed by atoms with van der Waals surface area (Å²) in [5.41, 5.74) is 0. The van der Waals surface area contributed by atoms with Crippen LogP contribution in [0.15, 0.2) is 10.6 Å². The molecule has 1 heterocycles. The molecule has 0 aliphatic carbocycles. The number of carbonyl (C=O) groups excluding carboxylic acids is 2. The highest BCUT2D eigenvalue weighted by Crippen LogP contribution is 2.41. The van der Waals surface area contributed by atoms with Crippen molar-refractivity contribution in [2.75, 3.05) is 4.90 Å². The van der Waals surface area contributed by atoms with Gasteiger partial charge < -0.3 is 4.52 Å². The molecule has 1 aromatic rings. The van der Waals surface area contributed by atoms with Crippen LogP contribution in [0.2, 0.25) is 0 Å². The predicted octanol–water partition coefficient (Wildman–Crippen LogP) is 3.24. The first-order valence-corrected chi connectivity index (χ1v) is 5.66. The van der Waals surface area contributed by atoms with Crippen molar-refractivity contribution in [3.63, 3.8) is 0 Å². The Morgan fingerprint density at radius 1 is 0.880 bits per heavy atom. The Labute approximate surface area is 130 Å². The number of imide groups is 1. The van der Waals surface area contributed by atoms with Gasteiger partial charge in [-0.2, -0.15) is 43.9 Å². The Bertz CT molecular complexity index is 637. The number of anilines is 1. The van der Waals surface area contributed by atoms with Crippen LogP contribution in [-0.2, 0) is 9.59 Å². The van der Waals surface area contributed by atoms with Gasteiger partial charge in [0.05, 0.1) is 0 Å². The minimum absolute atomic E-state index is 0.231. The predicted molar refractivity (Wildman–Crippen MR) is 55.7 cm³/mol. The molecule has 2 amide bonds. The molecule has 0 spiro atoms. The van der Waals surface area contributed by atoms with Crippen LogP contribution < -0.4 is 4.90 Å². The highest BCUT2D eigenvalue weighted by Gasteiger charge is 2.70. The topological polar surface area (TPSA) is 63.4 Å². The molecule has 0 saturated carbocycles. The Hall–Kier alpha value is -2.35. The summed E-state index contributed by atoms with van der Waals surface area (Å²) in [5, 5.41) is 2.56. The fourth-order valence-electron chi connectivity index (χ4n) is 1.28. The van der Waals surface area contributed by atoms with Gasteiger partial charge in [0, 0.05) is 6.07 Å². The van der Waals surface area contributed by atoms with E-state index < -0.39 is 52.5 Å². The maximum Gasteiger partial charge on any atom is 0.463 e. The van der Waals surface area contributed by atoms with Crippen molar-refractivity contribution in [2.24, 2.45) is 0 Å². The third-order valence-electron chi connectivity index (χ3n) is 2.50. The number of aryl methyl sites for hydroxylation is 1. The number of nitrogens with zero attached hydrogens (tertiary/aromatic N) is 2. The maximum absolute atomic E-state index is 13.1. The first-order valence-electron chi connectivity index (χ1n) is 5.66. The lowest BCUT2D eigenvalue weighted by Gasteiger charge is -2.28. The van der Waals surface area contributed by atoms with Crippen LogP contribution in [0.5, 0.6) is 0 Å². The zero-order chi connectivity index (χ0) is 20.0. The van der Waals surface area contributed by atoms with E-state index in [0.717, 1.165) is 6.92 Å².